The Bertz CT molecular complexity index is 1440. The molecule has 0 saturated carbocycles. The molecule has 0 radical (unpaired) electrons. The van der Waals surface area contributed by atoms with E-state index in [0.29, 0.717) is 34.2 Å². The zero-order chi connectivity index (χ0) is 21.8. The van der Waals surface area contributed by atoms with E-state index in [-0.39, 0.29) is 0 Å². The van der Waals surface area contributed by atoms with Crippen LogP contribution >= 0.6 is 0 Å². The lowest BCUT2D eigenvalue weighted by Crippen LogP contribution is -2.04. The summed E-state index contributed by atoms with van der Waals surface area (Å²) < 4.78 is 5.33. The first-order valence-corrected chi connectivity index (χ1v) is 9.96. The molecule has 7 rings (SSSR count). The molecule has 0 atom stereocenters. The molecule has 0 saturated heterocycles. The maximum atomic E-state index is 4.78. The smallest absolute Gasteiger partial charge is 0.162 e. The van der Waals surface area contributed by atoms with Crippen molar-refractivity contribution in [1.29, 1.82) is 0 Å². The minimum Gasteiger partial charge on any atom is -0.261 e. The van der Waals surface area contributed by atoms with Crippen molar-refractivity contribution in [3.8, 4) is 34.2 Å². The van der Waals surface area contributed by atoms with Gasteiger partial charge in [-0.05, 0) is 0 Å². The Morgan fingerprint density at radius 1 is 0.394 bits per heavy atom. The molecule has 12 heteroatoms. The predicted octanol–water partition coefficient (Wildman–Crippen LogP) is 2.00. The summed E-state index contributed by atoms with van der Waals surface area (Å²) in [7, 11) is 0. The molecule has 0 aliphatic rings. The minimum absolute atomic E-state index is 0.655. The van der Waals surface area contributed by atoms with Gasteiger partial charge in [0.2, 0.25) is 0 Å². The summed E-state index contributed by atoms with van der Waals surface area (Å²) in [5.41, 5.74) is 6.16. The number of hydrogen-bond donors (Lipinski definition) is 0. The van der Waals surface area contributed by atoms with E-state index in [4.69, 9.17) is 15.3 Å². The number of fused-ring (bicyclic) bond motifs is 6. The van der Waals surface area contributed by atoms with Crippen molar-refractivity contribution in [3.05, 3.63) is 74.0 Å². The van der Waals surface area contributed by atoms with E-state index in [2.05, 4.69) is 29.9 Å². The van der Waals surface area contributed by atoms with Crippen molar-refractivity contribution in [2.24, 2.45) is 0 Å². The lowest BCUT2D eigenvalue weighted by molar-refractivity contribution is 0.830. The monoisotopic (exact) mass is 432 g/mol. The molecule has 0 fully saturated rings. The third-order valence-electron chi connectivity index (χ3n) is 5.20. The van der Waals surface area contributed by atoms with Crippen LogP contribution in [0.15, 0.2) is 74.0 Å². The van der Waals surface area contributed by atoms with E-state index in [1.807, 2.05) is 18.2 Å². The molecule has 12 nitrogen and oxygen atoms in total. The van der Waals surface area contributed by atoms with Gasteiger partial charge in [-0.1, -0.05) is 0 Å². The lowest BCUT2D eigenvalue weighted by Gasteiger charge is -2.01. The van der Waals surface area contributed by atoms with Gasteiger partial charge in [0, 0.05) is 55.4 Å². The van der Waals surface area contributed by atoms with Gasteiger partial charge in [-0.3, -0.25) is 29.9 Å². The van der Waals surface area contributed by atoms with Crippen LogP contribution in [-0.4, -0.2) is 58.7 Å². The Labute approximate surface area is 184 Å². The van der Waals surface area contributed by atoms with Crippen LogP contribution in [0.2, 0.25) is 0 Å². The highest BCUT2D eigenvalue weighted by Gasteiger charge is 2.19. The minimum atomic E-state index is 0.655. The third-order valence-corrected chi connectivity index (χ3v) is 5.20. The Morgan fingerprint density at radius 2 is 0.727 bits per heavy atom. The standard InChI is InChI=1S/C21H12N12/c1-4-25-16(10-22-1)13-7-19-31(28-13)20-8-14(17-11-23-2-5-26-17)30-33(20)21-9-15(29-32(19)21)18-12-24-3-6-27-18/h1-12H. The van der Waals surface area contributed by atoms with Gasteiger partial charge in [0.1, 0.15) is 34.2 Å². The molecule has 0 aromatic carbocycles. The second-order valence-corrected chi connectivity index (χ2v) is 7.17. The van der Waals surface area contributed by atoms with E-state index in [1.54, 1.807) is 69.3 Å². The fourth-order valence-electron chi connectivity index (χ4n) is 3.74. The van der Waals surface area contributed by atoms with Crippen molar-refractivity contribution in [3.63, 3.8) is 0 Å². The number of hydrogen-bond acceptors (Lipinski definition) is 9. The molecular weight excluding hydrogens is 420 g/mol. The van der Waals surface area contributed by atoms with Gasteiger partial charge in [0.05, 0.1) is 18.6 Å². The molecule has 0 N–H and O–H groups in total. The fraction of sp³-hybridized carbons (Fsp3) is 0. The molecule has 0 aliphatic carbocycles. The van der Waals surface area contributed by atoms with Crippen LogP contribution in [0.25, 0.3) is 51.1 Å². The van der Waals surface area contributed by atoms with E-state index in [1.165, 1.54) is 0 Å². The first-order chi connectivity index (χ1) is 16.3. The summed E-state index contributed by atoms with van der Waals surface area (Å²) in [6.07, 6.45) is 14.8. The van der Waals surface area contributed by atoms with Crippen LogP contribution < -0.4 is 0 Å². The summed E-state index contributed by atoms with van der Waals surface area (Å²) in [6.45, 7) is 0. The van der Waals surface area contributed by atoms with Gasteiger partial charge < -0.3 is 0 Å². The molecule has 7 aromatic rings. The Morgan fingerprint density at radius 3 is 1.00 bits per heavy atom. The van der Waals surface area contributed by atoms with Gasteiger partial charge in [0.15, 0.2) is 16.9 Å². The summed E-state index contributed by atoms with van der Waals surface area (Å²) in [6, 6.07) is 5.75. The highest BCUT2D eigenvalue weighted by molar-refractivity contribution is 5.72. The molecule has 156 valence electrons. The molecule has 0 bridgehead atoms. The van der Waals surface area contributed by atoms with Crippen LogP contribution in [0.5, 0.6) is 0 Å². The summed E-state index contributed by atoms with van der Waals surface area (Å²) in [5, 5.41) is 14.3. The maximum Gasteiger partial charge on any atom is 0.162 e. The van der Waals surface area contributed by atoms with Gasteiger partial charge >= 0.3 is 0 Å². The largest absolute Gasteiger partial charge is 0.261 e. The van der Waals surface area contributed by atoms with Crippen LogP contribution in [0.1, 0.15) is 0 Å². The van der Waals surface area contributed by atoms with Gasteiger partial charge in [-0.15, -0.1) is 0 Å². The Hall–Kier alpha value is -5.13. The average molecular weight is 432 g/mol. The van der Waals surface area contributed by atoms with Gasteiger partial charge in [-0.2, -0.15) is 28.8 Å². The summed E-state index contributed by atoms with van der Waals surface area (Å²) in [5.74, 6) is 0. The fourth-order valence-corrected chi connectivity index (χ4v) is 3.74. The number of nitrogens with zero attached hydrogens (tertiary/aromatic N) is 12. The molecule has 33 heavy (non-hydrogen) atoms. The molecule has 0 amide bonds. The maximum absolute atomic E-state index is 4.78. The SMILES string of the molecule is c1cnc(-c2cc3n(n2)c2cc(-c4cnccn4)nn2c2cc(-c4cnccn4)nn32)cn1. The second-order valence-electron chi connectivity index (χ2n) is 7.17. The normalized spacial score (nSPS) is 11.6. The van der Waals surface area contributed by atoms with Crippen LogP contribution in [0.3, 0.4) is 0 Å². The predicted molar refractivity (Wildman–Crippen MR) is 116 cm³/mol. The van der Waals surface area contributed by atoms with E-state index < -0.39 is 0 Å². The molecular formula is C21H12N12. The van der Waals surface area contributed by atoms with Gasteiger partial charge in [-0.25, -0.2) is 0 Å². The van der Waals surface area contributed by atoms with Crippen molar-refractivity contribution in [2.75, 3.05) is 0 Å². The van der Waals surface area contributed by atoms with Gasteiger partial charge in [0.25, 0.3) is 0 Å². The van der Waals surface area contributed by atoms with Crippen molar-refractivity contribution in [1.82, 2.24) is 58.7 Å². The third kappa shape index (κ3) is 2.67. The van der Waals surface area contributed by atoms with Crippen molar-refractivity contribution < 1.29 is 0 Å². The van der Waals surface area contributed by atoms with Crippen LogP contribution in [0, 0.1) is 0 Å². The summed E-state index contributed by atoms with van der Waals surface area (Å²) in [4.78, 5) is 25.6. The average Bonchev–Trinajstić information content (AvgIpc) is 3.62. The zero-order valence-electron chi connectivity index (χ0n) is 16.8. The van der Waals surface area contributed by atoms with Crippen molar-refractivity contribution >= 4 is 16.9 Å². The Kier molecular flexibility index (Phi) is 3.55. The Balaban J connectivity index is 1.57. The lowest BCUT2D eigenvalue weighted by atomic mass is 10.3. The topological polar surface area (TPSA) is 129 Å². The molecule has 0 spiro atoms. The highest BCUT2D eigenvalue weighted by atomic mass is 15.4. The molecule has 7 aromatic heterocycles. The second kappa shape index (κ2) is 6.68. The van der Waals surface area contributed by atoms with E-state index in [9.17, 15) is 0 Å². The highest BCUT2D eigenvalue weighted by Crippen LogP contribution is 2.26. The molecule has 7 heterocycles. The van der Waals surface area contributed by atoms with Crippen LogP contribution in [0.4, 0.5) is 0 Å². The first-order valence-electron chi connectivity index (χ1n) is 9.96. The quantitative estimate of drug-likeness (QED) is 0.411. The zero-order valence-corrected chi connectivity index (χ0v) is 16.8. The van der Waals surface area contributed by atoms with Crippen LogP contribution in [-0.2, 0) is 0 Å². The number of aromatic nitrogens is 12. The van der Waals surface area contributed by atoms with E-state index >= 15 is 0 Å². The van der Waals surface area contributed by atoms with E-state index in [0.717, 1.165) is 16.9 Å². The molecule has 0 unspecified atom stereocenters. The first kappa shape index (κ1) is 17.5. The van der Waals surface area contributed by atoms with Crippen molar-refractivity contribution in [2.45, 2.75) is 0 Å². The summed E-state index contributed by atoms with van der Waals surface area (Å²) >= 11 is 0. The molecule has 0 aliphatic heterocycles. The number of rotatable bonds is 3.